The number of hydrogen-bond donors (Lipinski definition) is 0. The number of benzene rings is 1. The van der Waals surface area contributed by atoms with Gasteiger partial charge >= 0.3 is 0 Å². The molecule has 0 unspecified atom stereocenters. The summed E-state index contributed by atoms with van der Waals surface area (Å²) in [5.74, 6) is 1.25. The summed E-state index contributed by atoms with van der Waals surface area (Å²) in [6.07, 6.45) is 0. The molecule has 3 rings (SSSR count). The summed E-state index contributed by atoms with van der Waals surface area (Å²) >= 11 is 4.58. The van der Waals surface area contributed by atoms with Crippen LogP contribution in [0.3, 0.4) is 0 Å². The van der Waals surface area contributed by atoms with Crippen molar-refractivity contribution in [1.29, 1.82) is 0 Å². The van der Waals surface area contributed by atoms with Gasteiger partial charge < -0.3 is 9.42 Å². The zero-order valence-corrected chi connectivity index (χ0v) is 13.2. The summed E-state index contributed by atoms with van der Waals surface area (Å²) in [6, 6.07) is 7.50. The third kappa shape index (κ3) is 3.64. The Kier molecular flexibility index (Phi) is 4.70. The minimum absolute atomic E-state index is 0.599. The lowest BCUT2D eigenvalue weighted by Crippen LogP contribution is -2.43. The van der Waals surface area contributed by atoms with E-state index in [4.69, 9.17) is 4.52 Å². The van der Waals surface area contributed by atoms with Gasteiger partial charge in [0.05, 0.1) is 17.4 Å². The van der Waals surface area contributed by atoms with Gasteiger partial charge in [0, 0.05) is 31.7 Å². The van der Waals surface area contributed by atoms with Gasteiger partial charge in [0.25, 0.3) is 0 Å². The van der Waals surface area contributed by atoms with E-state index in [0.29, 0.717) is 18.3 Å². The summed E-state index contributed by atoms with van der Waals surface area (Å²) in [4.78, 5) is 13.0. The van der Waals surface area contributed by atoms with E-state index >= 15 is 0 Å². The third-order valence-corrected chi connectivity index (χ3v) is 3.81. The number of likely N-dealkylation sites (N-methyl/N-ethyl adjacent to an activating group) is 1. The monoisotopic (exact) mass is 315 g/mol. The fourth-order valence-corrected chi connectivity index (χ4v) is 2.48. The van der Waals surface area contributed by atoms with E-state index in [-0.39, 0.29) is 0 Å². The molecule has 1 aromatic carbocycles. The molecule has 2 heterocycles. The molecule has 0 amide bonds. The van der Waals surface area contributed by atoms with Crippen LogP contribution in [0.2, 0.25) is 0 Å². The molecule has 1 fully saturated rings. The van der Waals surface area contributed by atoms with E-state index in [1.165, 1.54) is 0 Å². The van der Waals surface area contributed by atoms with Crippen molar-refractivity contribution in [2.75, 3.05) is 33.2 Å². The molecule has 0 atom stereocenters. The lowest BCUT2D eigenvalue weighted by atomic mass is 10.2. The first-order chi connectivity index (χ1) is 10.7. The Balaban J connectivity index is 1.66. The van der Waals surface area contributed by atoms with Crippen LogP contribution < -0.4 is 0 Å². The Labute approximate surface area is 134 Å². The van der Waals surface area contributed by atoms with Gasteiger partial charge in [-0.3, -0.25) is 4.90 Å². The molecule has 0 aliphatic carbocycles. The van der Waals surface area contributed by atoms with Gasteiger partial charge in [0.2, 0.25) is 11.7 Å². The summed E-state index contributed by atoms with van der Waals surface area (Å²) in [6.45, 7) is 4.90. The molecule has 0 spiro atoms. The van der Waals surface area contributed by atoms with Gasteiger partial charge in [0.15, 0.2) is 0 Å². The lowest BCUT2D eigenvalue weighted by Gasteiger charge is -2.31. The summed E-state index contributed by atoms with van der Waals surface area (Å²) in [7, 11) is 2.14. The van der Waals surface area contributed by atoms with Crippen LogP contribution in [0.25, 0.3) is 11.4 Å². The van der Waals surface area contributed by atoms with E-state index < -0.39 is 0 Å². The molecule has 0 radical (unpaired) electrons. The van der Waals surface area contributed by atoms with E-state index in [2.05, 4.69) is 49.4 Å². The van der Waals surface area contributed by atoms with Gasteiger partial charge in [-0.25, -0.2) is 0 Å². The second kappa shape index (κ2) is 6.89. The number of thiocarbonyl (C=S) groups is 1. The average Bonchev–Trinajstić information content (AvgIpc) is 2.99. The number of piperazine rings is 1. The Bertz CT molecular complexity index is 669. The van der Waals surface area contributed by atoms with E-state index in [1.807, 2.05) is 24.3 Å². The van der Waals surface area contributed by atoms with Crippen molar-refractivity contribution in [3.63, 3.8) is 0 Å². The Morgan fingerprint density at radius 1 is 1.23 bits per heavy atom. The number of aromatic nitrogens is 2. The molecule has 0 bridgehead atoms. The second-order valence-corrected chi connectivity index (χ2v) is 5.52. The lowest BCUT2D eigenvalue weighted by molar-refractivity contribution is 0.135. The molecule has 22 heavy (non-hydrogen) atoms. The summed E-state index contributed by atoms with van der Waals surface area (Å²) in [5, 5.41) is 6.40. The Morgan fingerprint density at radius 2 is 1.95 bits per heavy atom. The zero-order chi connectivity index (χ0) is 15.4. The fraction of sp³-hybridized carbons (Fsp3) is 0.400. The van der Waals surface area contributed by atoms with Crippen LogP contribution in [0.5, 0.6) is 0 Å². The standard InChI is InChI=1S/C15H17N5OS/c1-19-6-8-20(9-7-19)10-14-17-15(18-21-14)12-2-4-13(5-3-12)16-11-22/h2-5H,6-10H2,1H3. The molecule has 1 aromatic heterocycles. The molecule has 2 aromatic rings. The van der Waals surface area contributed by atoms with Crippen LogP contribution in [0.15, 0.2) is 33.8 Å². The first-order valence-corrected chi connectivity index (χ1v) is 7.57. The highest BCUT2D eigenvalue weighted by atomic mass is 32.1. The third-order valence-electron chi connectivity index (χ3n) is 3.72. The minimum atomic E-state index is 0.599. The average molecular weight is 315 g/mol. The molecule has 0 N–H and O–H groups in total. The van der Waals surface area contributed by atoms with E-state index in [1.54, 1.807) is 0 Å². The largest absolute Gasteiger partial charge is 0.338 e. The van der Waals surface area contributed by atoms with Crippen LogP contribution in [0.4, 0.5) is 5.69 Å². The number of hydrogen-bond acceptors (Lipinski definition) is 7. The van der Waals surface area contributed by atoms with E-state index in [0.717, 1.165) is 37.4 Å². The van der Waals surface area contributed by atoms with Gasteiger partial charge in [0.1, 0.15) is 0 Å². The van der Waals surface area contributed by atoms with Gasteiger partial charge in [-0.1, -0.05) is 5.16 Å². The highest BCUT2D eigenvalue weighted by molar-refractivity contribution is 7.78. The maximum atomic E-state index is 5.36. The van der Waals surface area contributed by atoms with Gasteiger partial charge in [-0.2, -0.15) is 9.98 Å². The molecule has 1 aliphatic heterocycles. The predicted molar refractivity (Wildman–Crippen MR) is 87.2 cm³/mol. The smallest absolute Gasteiger partial charge is 0.241 e. The topological polar surface area (TPSA) is 57.8 Å². The number of nitrogens with zero attached hydrogens (tertiary/aromatic N) is 5. The maximum Gasteiger partial charge on any atom is 0.241 e. The van der Waals surface area contributed by atoms with Crippen molar-refractivity contribution in [3.8, 4) is 11.4 Å². The fourth-order valence-electron chi connectivity index (χ4n) is 2.37. The molecule has 6 nitrogen and oxygen atoms in total. The van der Waals surface area contributed by atoms with Crippen molar-refractivity contribution in [3.05, 3.63) is 30.2 Å². The first-order valence-electron chi connectivity index (χ1n) is 7.16. The van der Waals surface area contributed by atoms with Crippen molar-refractivity contribution >= 4 is 23.1 Å². The zero-order valence-electron chi connectivity index (χ0n) is 12.4. The SMILES string of the molecule is CN1CCN(Cc2nc(-c3ccc(N=C=S)cc3)no2)CC1. The van der Waals surface area contributed by atoms with Crippen molar-refractivity contribution in [2.45, 2.75) is 6.54 Å². The van der Waals surface area contributed by atoms with Crippen LogP contribution in [0.1, 0.15) is 5.89 Å². The molecule has 1 aliphatic rings. The minimum Gasteiger partial charge on any atom is -0.338 e. The Morgan fingerprint density at radius 3 is 2.64 bits per heavy atom. The number of aliphatic imine (C=N–C) groups is 1. The molecule has 114 valence electrons. The van der Waals surface area contributed by atoms with Crippen molar-refractivity contribution in [2.24, 2.45) is 4.99 Å². The molecular formula is C15H17N5OS. The second-order valence-electron chi connectivity index (χ2n) is 5.34. The quantitative estimate of drug-likeness (QED) is 0.637. The van der Waals surface area contributed by atoms with Crippen LogP contribution in [-0.2, 0) is 6.54 Å². The normalized spacial score (nSPS) is 16.4. The van der Waals surface area contributed by atoms with Crippen LogP contribution in [-0.4, -0.2) is 58.3 Å². The Hall–Kier alpha value is -1.92. The highest BCUT2D eigenvalue weighted by Crippen LogP contribution is 2.20. The number of isothiocyanates is 1. The van der Waals surface area contributed by atoms with Crippen LogP contribution >= 0.6 is 12.2 Å². The summed E-state index contributed by atoms with van der Waals surface area (Å²) < 4.78 is 5.36. The predicted octanol–water partition coefficient (Wildman–Crippen LogP) is 2.22. The molecule has 0 saturated carbocycles. The van der Waals surface area contributed by atoms with E-state index in [9.17, 15) is 0 Å². The first kappa shape index (κ1) is 15.0. The highest BCUT2D eigenvalue weighted by Gasteiger charge is 2.17. The van der Waals surface area contributed by atoms with Crippen molar-refractivity contribution < 1.29 is 4.52 Å². The molecular weight excluding hydrogens is 298 g/mol. The summed E-state index contributed by atoms with van der Waals surface area (Å²) in [5.41, 5.74) is 1.66. The van der Waals surface area contributed by atoms with Gasteiger partial charge in [-0.05, 0) is 43.5 Å². The molecule has 7 heteroatoms. The molecule has 1 saturated heterocycles. The number of rotatable bonds is 4. The van der Waals surface area contributed by atoms with Gasteiger partial charge in [-0.15, -0.1) is 0 Å². The maximum absolute atomic E-state index is 5.36. The van der Waals surface area contributed by atoms with Crippen molar-refractivity contribution in [1.82, 2.24) is 19.9 Å². The van der Waals surface area contributed by atoms with Crippen LogP contribution in [0, 0.1) is 0 Å².